The first-order valence-electron chi connectivity index (χ1n) is 9.17. The molecule has 0 amide bonds. The molecule has 2 aromatic carbocycles. The normalized spacial score (nSPS) is 14.2. The zero-order valence-electron chi connectivity index (χ0n) is 15.6. The van der Waals surface area contributed by atoms with Crippen LogP contribution in [0.4, 0.5) is 18.9 Å². The van der Waals surface area contributed by atoms with E-state index in [4.69, 9.17) is 10.2 Å². The largest absolute Gasteiger partial charge is 0.435 e. The summed E-state index contributed by atoms with van der Waals surface area (Å²) in [4.78, 5) is 17.3. The van der Waals surface area contributed by atoms with E-state index in [9.17, 15) is 13.6 Å². The standard InChI is InChI=1S/C21H16F3N3O2/c1-8-17(11-5-14(23)16(25)7-13(11)22)15(24)6-12-18-20(29-9(2)26-18)21(28)27(19(8)12)10-3-4-10/h5-7,10H,3-4,25H2,1-2H3. The fourth-order valence-electron chi connectivity index (χ4n) is 3.99. The third-order valence-electron chi connectivity index (χ3n) is 5.41. The van der Waals surface area contributed by atoms with E-state index in [1.807, 2.05) is 0 Å². The fraction of sp³-hybridized carbons (Fsp3) is 0.238. The van der Waals surface area contributed by atoms with Crippen LogP contribution in [0.1, 0.15) is 30.3 Å². The number of oxazole rings is 1. The smallest absolute Gasteiger partial charge is 0.296 e. The number of nitrogen functional groups attached to an aromatic ring is 1. The second-order valence-electron chi connectivity index (χ2n) is 7.43. The molecule has 4 aromatic rings. The van der Waals surface area contributed by atoms with E-state index in [0.717, 1.165) is 25.0 Å². The highest BCUT2D eigenvalue weighted by molar-refractivity contribution is 6.04. The number of hydrogen-bond acceptors (Lipinski definition) is 4. The molecule has 0 spiro atoms. The fourth-order valence-corrected chi connectivity index (χ4v) is 3.99. The monoisotopic (exact) mass is 399 g/mol. The molecule has 0 atom stereocenters. The minimum atomic E-state index is -0.845. The summed E-state index contributed by atoms with van der Waals surface area (Å²) in [6, 6.07) is 2.85. The molecule has 1 saturated carbocycles. The van der Waals surface area contributed by atoms with Crippen molar-refractivity contribution in [3.63, 3.8) is 0 Å². The summed E-state index contributed by atoms with van der Waals surface area (Å²) < 4.78 is 50.8. The van der Waals surface area contributed by atoms with E-state index in [1.165, 1.54) is 6.07 Å². The lowest BCUT2D eigenvalue weighted by molar-refractivity contribution is 0.552. The Morgan fingerprint density at radius 1 is 1.10 bits per heavy atom. The van der Waals surface area contributed by atoms with Gasteiger partial charge in [0.2, 0.25) is 5.58 Å². The Bertz CT molecular complexity index is 1400. The van der Waals surface area contributed by atoms with Gasteiger partial charge in [-0.3, -0.25) is 4.79 Å². The molecule has 1 fully saturated rings. The number of hydrogen-bond donors (Lipinski definition) is 1. The van der Waals surface area contributed by atoms with E-state index in [1.54, 1.807) is 18.4 Å². The van der Waals surface area contributed by atoms with Gasteiger partial charge in [-0.05, 0) is 37.5 Å². The highest BCUT2D eigenvalue weighted by atomic mass is 19.1. The number of pyridine rings is 1. The molecule has 2 aromatic heterocycles. The molecule has 5 nitrogen and oxygen atoms in total. The first-order valence-corrected chi connectivity index (χ1v) is 9.17. The molecule has 0 radical (unpaired) electrons. The summed E-state index contributed by atoms with van der Waals surface area (Å²) in [5, 5.41) is 0.401. The van der Waals surface area contributed by atoms with Crippen LogP contribution in [0.25, 0.3) is 33.1 Å². The Hall–Kier alpha value is -3.29. The Balaban J connectivity index is 1.97. The molecule has 0 bridgehead atoms. The zero-order chi connectivity index (χ0) is 20.6. The minimum absolute atomic E-state index is 0.0511. The van der Waals surface area contributed by atoms with E-state index >= 15 is 4.39 Å². The van der Waals surface area contributed by atoms with E-state index in [0.29, 0.717) is 22.4 Å². The summed E-state index contributed by atoms with van der Waals surface area (Å²) in [5.74, 6) is -2.15. The SMILES string of the molecule is Cc1nc2c(o1)c(=O)n(C1CC1)c1c(C)c(-c3cc(F)c(N)cc3F)c(F)cc21. The van der Waals surface area contributed by atoms with E-state index in [-0.39, 0.29) is 39.5 Å². The quantitative estimate of drug-likeness (QED) is 0.493. The van der Waals surface area contributed by atoms with Crippen LogP contribution in [-0.2, 0) is 0 Å². The first-order chi connectivity index (χ1) is 13.8. The van der Waals surface area contributed by atoms with Gasteiger partial charge in [-0.25, -0.2) is 18.2 Å². The van der Waals surface area contributed by atoms with Gasteiger partial charge in [0.15, 0.2) is 5.89 Å². The third-order valence-corrected chi connectivity index (χ3v) is 5.41. The minimum Gasteiger partial charge on any atom is -0.435 e. The molecule has 148 valence electrons. The Labute approximate surface area is 162 Å². The summed E-state index contributed by atoms with van der Waals surface area (Å²) in [5.41, 5.74) is 5.44. The van der Waals surface area contributed by atoms with Crippen LogP contribution in [-0.4, -0.2) is 9.55 Å². The van der Waals surface area contributed by atoms with Crippen LogP contribution in [0.2, 0.25) is 0 Å². The summed E-state index contributed by atoms with van der Waals surface area (Å²) in [6.07, 6.45) is 1.59. The predicted octanol–water partition coefficient (Wildman–Crippen LogP) is 4.76. The number of benzene rings is 2. The van der Waals surface area contributed by atoms with Gasteiger partial charge in [-0.15, -0.1) is 0 Å². The van der Waals surface area contributed by atoms with E-state index in [2.05, 4.69) is 4.98 Å². The lowest BCUT2D eigenvalue weighted by Gasteiger charge is -2.17. The zero-order valence-corrected chi connectivity index (χ0v) is 15.6. The van der Waals surface area contributed by atoms with Crippen molar-refractivity contribution in [2.24, 2.45) is 0 Å². The maximum atomic E-state index is 15.2. The van der Waals surface area contributed by atoms with Crippen LogP contribution in [0.5, 0.6) is 0 Å². The Morgan fingerprint density at radius 3 is 2.52 bits per heavy atom. The van der Waals surface area contributed by atoms with Crippen LogP contribution >= 0.6 is 0 Å². The van der Waals surface area contributed by atoms with Crippen molar-refractivity contribution in [2.75, 3.05) is 5.73 Å². The molecule has 8 heteroatoms. The van der Waals surface area contributed by atoms with Crippen LogP contribution in [0.15, 0.2) is 27.4 Å². The van der Waals surface area contributed by atoms with Crippen LogP contribution in [0, 0.1) is 31.3 Å². The lowest BCUT2D eigenvalue weighted by atomic mass is 9.95. The van der Waals surface area contributed by atoms with E-state index < -0.39 is 17.5 Å². The topological polar surface area (TPSA) is 74.0 Å². The summed E-state index contributed by atoms with van der Waals surface area (Å²) in [7, 11) is 0. The maximum Gasteiger partial charge on any atom is 0.296 e. The van der Waals surface area contributed by atoms with Gasteiger partial charge in [-0.2, -0.15) is 0 Å². The van der Waals surface area contributed by atoms with Crippen LogP contribution in [0.3, 0.4) is 0 Å². The van der Waals surface area contributed by atoms with Crippen molar-refractivity contribution >= 4 is 27.7 Å². The maximum absolute atomic E-state index is 15.2. The molecule has 0 aliphatic heterocycles. The van der Waals surface area contributed by atoms with Crippen molar-refractivity contribution in [3.05, 3.63) is 57.5 Å². The third kappa shape index (κ3) is 2.48. The van der Waals surface area contributed by atoms with Gasteiger partial charge < -0.3 is 14.7 Å². The molecule has 29 heavy (non-hydrogen) atoms. The lowest BCUT2D eigenvalue weighted by Crippen LogP contribution is -2.20. The molecule has 5 rings (SSSR count). The van der Waals surface area contributed by atoms with Gasteiger partial charge in [0, 0.05) is 35.5 Å². The highest BCUT2D eigenvalue weighted by Crippen LogP contribution is 2.41. The van der Waals surface area contributed by atoms with Gasteiger partial charge in [0.1, 0.15) is 23.0 Å². The number of aryl methyl sites for hydroxylation is 2. The number of halogens is 3. The molecule has 2 heterocycles. The van der Waals surface area contributed by atoms with Gasteiger partial charge in [-0.1, -0.05) is 0 Å². The average molecular weight is 399 g/mol. The highest BCUT2D eigenvalue weighted by Gasteiger charge is 2.31. The summed E-state index contributed by atoms with van der Waals surface area (Å²) in [6.45, 7) is 3.20. The van der Waals surface area contributed by atoms with Crippen LogP contribution < -0.4 is 11.3 Å². The second-order valence-corrected chi connectivity index (χ2v) is 7.43. The molecule has 1 aliphatic rings. The average Bonchev–Trinajstić information content (AvgIpc) is 3.41. The van der Waals surface area contributed by atoms with Crippen molar-refractivity contribution in [3.8, 4) is 11.1 Å². The predicted molar refractivity (Wildman–Crippen MR) is 103 cm³/mol. The Morgan fingerprint density at radius 2 is 1.83 bits per heavy atom. The van der Waals surface area contributed by atoms with Crippen molar-refractivity contribution in [2.45, 2.75) is 32.7 Å². The van der Waals surface area contributed by atoms with Gasteiger partial charge >= 0.3 is 0 Å². The number of rotatable bonds is 2. The van der Waals surface area contributed by atoms with Crippen molar-refractivity contribution in [1.82, 2.24) is 9.55 Å². The van der Waals surface area contributed by atoms with Gasteiger partial charge in [0.05, 0.1) is 11.2 Å². The molecular formula is C21H16F3N3O2. The molecule has 1 aliphatic carbocycles. The van der Waals surface area contributed by atoms with Crippen molar-refractivity contribution in [1.29, 1.82) is 0 Å². The first kappa shape index (κ1) is 17.8. The van der Waals surface area contributed by atoms with Crippen molar-refractivity contribution < 1.29 is 17.6 Å². The number of anilines is 1. The molecule has 0 saturated heterocycles. The number of nitrogens with two attached hydrogens (primary N) is 1. The molecule has 2 N–H and O–H groups in total. The van der Waals surface area contributed by atoms with Gasteiger partial charge in [0.25, 0.3) is 5.56 Å². The molecular weight excluding hydrogens is 383 g/mol. The molecule has 0 unspecified atom stereocenters. The number of aromatic nitrogens is 2. The second kappa shape index (κ2) is 5.85. The number of nitrogens with zero attached hydrogens (tertiary/aromatic N) is 2. The Kier molecular flexibility index (Phi) is 3.59. The summed E-state index contributed by atoms with van der Waals surface area (Å²) >= 11 is 0. The number of fused-ring (bicyclic) bond motifs is 3.